The van der Waals surface area contributed by atoms with Crippen LogP contribution in [-0.4, -0.2) is 23.8 Å². The van der Waals surface area contributed by atoms with Crippen LogP contribution in [0.15, 0.2) is 11.6 Å². The van der Waals surface area contributed by atoms with Gasteiger partial charge < -0.3 is 9.84 Å². The minimum absolute atomic E-state index is 0.0237. The Kier molecular flexibility index (Phi) is 10.3. The lowest BCUT2D eigenvalue weighted by atomic mass is 9.47. The van der Waals surface area contributed by atoms with Crippen LogP contribution < -0.4 is 0 Å². The predicted molar refractivity (Wildman–Crippen MR) is 153 cm³/mol. The maximum absolute atomic E-state index is 12.5. The first-order chi connectivity index (χ1) is 17.8. The second-order valence-corrected chi connectivity index (χ2v) is 14.1. The Balaban J connectivity index is 1.21. The summed E-state index contributed by atoms with van der Waals surface area (Å²) in [6.07, 6.45) is 23.9. The minimum atomic E-state index is -0.117. The summed E-state index contributed by atoms with van der Waals surface area (Å²) in [4.78, 5) is 12.5. The number of unbranched alkanes of at least 4 members (excludes halogenated alkanes) is 7. The van der Waals surface area contributed by atoms with Gasteiger partial charge in [-0.25, -0.2) is 0 Å². The number of allylic oxidation sites excluding steroid dienone is 1. The number of rotatable bonds is 13. The Bertz CT molecular complexity index is 773. The van der Waals surface area contributed by atoms with Crippen molar-refractivity contribution in [2.24, 2.45) is 40.4 Å². The molecule has 3 heteroatoms. The van der Waals surface area contributed by atoms with E-state index < -0.39 is 0 Å². The van der Waals surface area contributed by atoms with Crippen molar-refractivity contribution in [1.82, 2.24) is 0 Å². The van der Waals surface area contributed by atoms with Gasteiger partial charge in [0, 0.05) is 6.42 Å². The molecule has 37 heavy (non-hydrogen) atoms. The van der Waals surface area contributed by atoms with Crippen LogP contribution in [-0.2, 0) is 9.53 Å². The number of ether oxygens (including phenoxy) is 1. The molecule has 3 nitrogen and oxygen atoms in total. The quantitative estimate of drug-likeness (QED) is 0.151. The highest BCUT2D eigenvalue weighted by Gasteiger charge is 2.59. The third-order valence-electron chi connectivity index (χ3n) is 11.9. The predicted octanol–water partition coefficient (Wildman–Crippen LogP) is 9.03. The van der Waals surface area contributed by atoms with Gasteiger partial charge in [0.05, 0.1) is 12.7 Å². The van der Waals surface area contributed by atoms with Gasteiger partial charge in [0.25, 0.3) is 0 Å². The second kappa shape index (κ2) is 13.0. The van der Waals surface area contributed by atoms with E-state index in [0.717, 1.165) is 49.4 Å². The number of hydrogen-bond acceptors (Lipinski definition) is 3. The number of aliphatic hydroxyl groups excluding tert-OH is 1. The SMILES string of the molecule is CCCCCCCCCCOC(=O)CC[C@@H](C)[C@H]1CC[C@H]2[C@@H]3CC=C4C[C@@H](O)CC[C@]4(C)[C@H]3CC[C@]12C. The molecular weight excluding hydrogens is 456 g/mol. The maximum Gasteiger partial charge on any atom is 0.305 e. The molecule has 4 rings (SSSR count). The summed E-state index contributed by atoms with van der Waals surface area (Å²) in [6.45, 7) is 10.4. The van der Waals surface area contributed by atoms with E-state index in [1.807, 2.05) is 0 Å². The van der Waals surface area contributed by atoms with Crippen molar-refractivity contribution in [3.05, 3.63) is 11.6 Å². The molecule has 0 bridgehead atoms. The summed E-state index contributed by atoms with van der Waals surface area (Å²) < 4.78 is 5.61. The van der Waals surface area contributed by atoms with Crippen LogP contribution in [0.3, 0.4) is 0 Å². The Hall–Kier alpha value is -0.830. The fraction of sp³-hybridized carbons (Fsp3) is 0.912. The number of aliphatic hydroxyl groups is 1. The molecule has 0 spiro atoms. The van der Waals surface area contributed by atoms with Crippen LogP contribution in [0, 0.1) is 40.4 Å². The normalized spacial score (nSPS) is 37.8. The lowest BCUT2D eigenvalue weighted by Gasteiger charge is -2.58. The molecule has 0 heterocycles. The fourth-order valence-corrected chi connectivity index (χ4v) is 9.66. The molecular formula is C34H58O3. The van der Waals surface area contributed by atoms with E-state index in [9.17, 15) is 9.90 Å². The molecule has 0 unspecified atom stereocenters. The van der Waals surface area contributed by atoms with E-state index in [4.69, 9.17) is 4.74 Å². The summed E-state index contributed by atoms with van der Waals surface area (Å²) in [5, 5.41) is 10.3. The van der Waals surface area contributed by atoms with Crippen molar-refractivity contribution in [3.63, 3.8) is 0 Å². The summed E-state index contributed by atoms with van der Waals surface area (Å²) in [5.41, 5.74) is 2.33. The van der Waals surface area contributed by atoms with E-state index >= 15 is 0 Å². The Morgan fingerprint density at radius 2 is 1.73 bits per heavy atom. The lowest BCUT2D eigenvalue weighted by Crippen LogP contribution is -2.50. The molecule has 0 aromatic rings. The average molecular weight is 515 g/mol. The maximum atomic E-state index is 12.5. The first kappa shape index (κ1) is 29.2. The molecule has 3 fully saturated rings. The van der Waals surface area contributed by atoms with Crippen LogP contribution in [0.25, 0.3) is 0 Å². The molecule has 212 valence electrons. The van der Waals surface area contributed by atoms with Gasteiger partial charge in [0.15, 0.2) is 0 Å². The molecule has 0 aliphatic heterocycles. The Labute approximate surface area is 228 Å². The Morgan fingerprint density at radius 3 is 2.49 bits per heavy atom. The van der Waals surface area contributed by atoms with E-state index in [-0.39, 0.29) is 12.1 Å². The number of carbonyl (C=O) groups is 1. The third kappa shape index (κ3) is 6.50. The Morgan fingerprint density at radius 1 is 1.00 bits per heavy atom. The molecule has 0 aromatic heterocycles. The van der Waals surface area contributed by atoms with Crippen molar-refractivity contribution >= 4 is 5.97 Å². The van der Waals surface area contributed by atoms with Crippen LogP contribution in [0.4, 0.5) is 0 Å². The molecule has 1 N–H and O–H groups in total. The van der Waals surface area contributed by atoms with Crippen LogP contribution in [0.2, 0.25) is 0 Å². The molecule has 8 atom stereocenters. The van der Waals surface area contributed by atoms with Crippen molar-refractivity contribution < 1.29 is 14.6 Å². The highest BCUT2D eigenvalue weighted by atomic mass is 16.5. The van der Waals surface area contributed by atoms with Crippen LogP contribution in [0.1, 0.15) is 143 Å². The zero-order valence-corrected chi connectivity index (χ0v) is 24.7. The van der Waals surface area contributed by atoms with Gasteiger partial charge in [0.2, 0.25) is 0 Å². The third-order valence-corrected chi connectivity index (χ3v) is 11.9. The van der Waals surface area contributed by atoms with Crippen molar-refractivity contribution in [2.45, 2.75) is 149 Å². The summed E-state index contributed by atoms with van der Waals surface area (Å²) in [7, 11) is 0. The van der Waals surface area contributed by atoms with Gasteiger partial charge in [-0.2, -0.15) is 0 Å². The number of carbonyl (C=O) groups excluding carboxylic acids is 1. The number of hydrogen-bond donors (Lipinski definition) is 1. The zero-order valence-electron chi connectivity index (χ0n) is 24.7. The van der Waals surface area contributed by atoms with Gasteiger partial charge in [0.1, 0.15) is 0 Å². The number of esters is 1. The molecule has 0 aromatic carbocycles. The minimum Gasteiger partial charge on any atom is -0.466 e. The van der Waals surface area contributed by atoms with Crippen molar-refractivity contribution in [1.29, 1.82) is 0 Å². The summed E-state index contributed by atoms with van der Waals surface area (Å²) >= 11 is 0. The fourth-order valence-electron chi connectivity index (χ4n) is 9.66. The average Bonchev–Trinajstić information content (AvgIpc) is 3.24. The first-order valence-corrected chi connectivity index (χ1v) is 16.3. The van der Waals surface area contributed by atoms with Gasteiger partial charge in [-0.3, -0.25) is 4.79 Å². The largest absolute Gasteiger partial charge is 0.466 e. The standard InChI is InChI=1S/C34H58O3/c1-5-6-7-8-9-10-11-12-23-37-32(36)18-13-25(2)29-16-17-30-28-15-14-26-24-27(35)19-21-33(26,3)31(28)20-22-34(29,30)4/h14,25,27-31,35H,5-13,15-24H2,1-4H3/t25-,27+,28+,29-,30+,31+,33+,34-/m1/s1. The molecule has 4 aliphatic carbocycles. The van der Waals surface area contributed by atoms with Gasteiger partial charge in [-0.05, 0) is 105 Å². The number of fused-ring (bicyclic) bond motifs is 5. The van der Waals surface area contributed by atoms with Crippen molar-refractivity contribution in [3.8, 4) is 0 Å². The first-order valence-electron chi connectivity index (χ1n) is 16.3. The molecule has 0 saturated heterocycles. The van der Waals surface area contributed by atoms with E-state index in [1.54, 1.807) is 5.57 Å². The molecule has 0 amide bonds. The molecule has 4 aliphatic rings. The van der Waals surface area contributed by atoms with E-state index in [1.165, 1.54) is 83.5 Å². The van der Waals surface area contributed by atoms with Gasteiger partial charge in [-0.15, -0.1) is 0 Å². The monoisotopic (exact) mass is 514 g/mol. The van der Waals surface area contributed by atoms with Crippen LogP contribution >= 0.6 is 0 Å². The van der Waals surface area contributed by atoms with E-state index in [2.05, 4.69) is 33.8 Å². The highest BCUT2D eigenvalue weighted by Crippen LogP contribution is 2.67. The molecule has 0 radical (unpaired) electrons. The lowest BCUT2D eigenvalue weighted by molar-refractivity contribution is -0.144. The van der Waals surface area contributed by atoms with E-state index in [0.29, 0.717) is 29.8 Å². The summed E-state index contributed by atoms with van der Waals surface area (Å²) in [6, 6.07) is 0. The highest BCUT2D eigenvalue weighted by molar-refractivity contribution is 5.69. The van der Waals surface area contributed by atoms with Crippen LogP contribution in [0.5, 0.6) is 0 Å². The topological polar surface area (TPSA) is 46.5 Å². The van der Waals surface area contributed by atoms with Gasteiger partial charge in [-0.1, -0.05) is 84.3 Å². The molecule has 3 saturated carbocycles. The van der Waals surface area contributed by atoms with Gasteiger partial charge >= 0.3 is 5.97 Å². The smallest absolute Gasteiger partial charge is 0.305 e. The zero-order chi connectivity index (χ0) is 26.5. The second-order valence-electron chi connectivity index (χ2n) is 14.1. The van der Waals surface area contributed by atoms with Crippen molar-refractivity contribution in [2.75, 3.05) is 6.61 Å². The summed E-state index contributed by atoms with van der Waals surface area (Å²) in [5.74, 6) is 3.81.